The van der Waals surface area contributed by atoms with Crippen LogP contribution in [0.1, 0.15) is 53.0 Å². The van der Waals surface area contributed by atoms with E-state index in [4.69, 9.17) is 4.74 Å². The van der Waals surface area contributed by atoms with Crippen molar-refractivity contribution >= 4 is 5.91 Å². The number of hydrogen-bond donors (Lipinski definition) is 1. The van der Waals surface area contributed by atoms with Crippen LogP contribution in [0.5, 0.6) is 5.75 Å². The summed E-state index contributed by atoms with van der Waals surface area (Å²) in [6, 6.07) is 25.2. The Morgan fingerprint density at radius 1 is 0.931 bits per heavy atom. The van der Waals surface area contributed by atoms with E-state index < -0.39 is 5.41 Å². The molecule has 146 valence electrons. The molecule has 0 saturated heterocycles. The first kappa shape index (κ1) is 18.0. The van der Waals surface area contributed by atoms with Gasteiger partial charge in [0, 0.05) is 18.4 Å². The Kier molecular flexibility index (Phi) is 4.20. The average molecular weight is 383 g/mol. The molecule has 0 saturated carbocycles. The lowest BCUT2D eigenvalue weighted by Gasteiger charge is -2.50. The molecule has 1 N–H and O–H groups in total. The summed E-state index contributed by atoms with van der Waals surface area (Å²) in [7, 11) is 1.66. The van der Waals surface area contributed by atoms with Crippen molar-refractivity contribution < 1.29 is 9.53 Å². The Balaban J connectivity index is 1.46. The zero-order valence-electron chi connectivity index (χ0n) is 16.8. The maximum absolute atomic E-state index is 13.5. The Morgan fingerprint density at radius 2 is 1.48 bits per heavy atom. The van der Waals surface area contributed by atoms with Crippen LogP contribution in [0.2, 0.25) is 0 Å². The van der Waals surface area contributed by atoms with Crippen LogP contribution in [-0.2, 0) is 11.3 Å². The summed E-state index contributed by atoms with van der Waals surface area (Å²) in [5.41, 5.74) is 6.01. The smallest absolute Gasteiger partial charge is 0.227 e. The van der Waals surface area contributed by atoms with E-state index in [1.807, 2.05) is 24.3 Å². The molecule has 3 nitrogen and oxygen atoms in total. The van der Waals surface area contributed by atoms with Gasteiger partial charge in [-0.3, -0.25) is 4.79 Å². The van der Waals surface area contributed by atoms with Crippen molar-refractivity contribution in [1.82, 2.24) is 5.32 Å². The van der Waals surface area contributed by atoms with Crippen molar-refractivity contribution in [2.45, 2.75) is 31.7 Å². The minimum atomic E-state index is -0.458. The molecule has 1 unspecified atom stereocenters. The first-order valence-corrected chi connectivity index (χ1v) is 10.2. The molecule has 2 bridgehead atoms. The van der Waals surface area contributed by atoms with Crippen LogP contribution < -0.4 is 10.1 Å². The minimum absolute atomic E-state index is 0.0933. The molecule has 29 heavy (non-hydrogen) atoms. The van der Waals surface area contributed by atoms with E-state index in [2.05, 4.69) is 60.8 Å². The molecule has 0 fully saturated rings. The van der Waals surface area contributed by atoms with E-state index in [9.17, 15) is 4.79 Å². The van der Waals surface area contributed by atoms with E-state index in [0.717, 1.165) is 17.7 Å². The van der Waals surface area contributed by atoms with E-state index in [1.54, 1.807) is 7.11 Å². The van der Waals surface area contributed by atoms with Gasteiger partial charge in [0.2, 0.25) is 5.91 Å². The van der Waals surface area contributed by atoms with Gasteiger partial charge < -0.3 is 10.1 Å². The fourth-order valence-electron chi connectivity index (χ4n) is 5.32. The van der Waals surface area contributed by atoms with Crippen LogP contribution in [0, 0.1) is 5.41 Å². The number of amides is 1. The van der Waals surface area contributed by atoms with Crippen LogP contribution in [0.15, 0.2) is 72.8 Å². The summed E-state index contributed by atoms with van der Waals surface area (Å²) < 4.78 is 5.22. The number of methoxy groups -OCH3 is 1. The molecule has 3 aromatic rings. The minimum Gasteiger partial charge on any atom is -0.497 e. The molecule has 3 aromatic carbocycles. The second-order valence-electron chi connectivity index (χ2n) is 8.40. The van der Waals surface area contributed by atoms with Gasteiger partial charge in [0.15, 0.2) is 0 Å². The van der Waals surface area contributed by atoms with Crippen molar-refractivity contribution in [3.63, 3.8) is 0 Å². The van der Waals surface area contributed by atoms with Gasteiger partial charge in [-0.05, 0) is 53.3 Å². The van der Waals surface area contributed by atoms with Crippen molar-refractivity contribution in [2.24, 2.45) is 5.41 Å². The summed E-state index contributed by atoms with van der Waals surface area (Å²) in [5.74, 6) is 1.33. The Bertz CT molecular complexity index is 1020. The van der Waals surface area contributed by atoms with E-state index in [-0.39, 0.29) is 17.7 Å². The van der Waals surface area contributed by atoms with Crippen molar-refractivity contribution in [3.05, 3.63) is 101 Å². The molecular weight excluding hydrogens is 358 g/mol. The summed E-state index contributed by atoms with van der Waals surface area (Å²) in [6.07, 6.45) is 0.847. The van der Waals surface area contributed by atoms with Gasteiger partial charge in [0.05, 0.1) is 12.5 Å². The Morgan fingerprint density at radius 3 is 2.03 bits per heavy atom. The first-order valence-electron chi connectivity index (χ1n) is 10.2. The zero-order valence-corrected chi connectivity index (χ0v) is 16.8. The molecule has 0 radical (unpaired) electrons. The predicted octanol–water partition coefficient (Wildman–Crippen LogP) is 5.00. The largest absolute Gasteiger partial charge is 0.497 e. The second-order valence-corrected chi connectivity index (χ2v) is 8.40. The normalized spacial score (nSPS) is 23.8. The van der Waals surface area contributed by atoms with E-state index in [0.29, 0.717) is 6.54 Å². The quantitative estimate of drug-likeness (QED) is 0.689. The van der Waals surface area contributed by atoms with Crippen LogP contribution >= 0.6 is 0 Å². The fourth-order valence-corrected chi connectivity index (χ4v) is 5.32. The molecule has 0 spiro atoms. The highest BCUT2D eigenvalue weighted by molar-refractivity contribution is 5.86. The van der Waals surface area contributed by atoms with Crippen LogP contribution in [0.3, 0.4) is 0 Å². The Hall–Kier alpha value is -3.07. The van der Waals surface area contributed by atoms with E-state index in [1.165, 1.54) is 22.3 Å². The monoisotopic (exact) mass is 383 g/mol. The molecule has 3 heteroatoms. The van der Waals surface area contributed by atoms with Crippen molar-refractivity contribution in [1.29, 1.82) is 0 Å². The summed E-state index contributed by atoms with van der Waals surface area (Å²) >= 11 is 0. The maximum atomic E-state index is 13.5. The molecular formula is C26H25NO2. The lowest BCUT2D eigenvalue weighted by atomic mass is 9.52. The third-order valence-electron chi connectivity index (χ3n) is 6.76. The van der Waals surface area contributed by atoms with Gasteiger partial charge >= 0.3 is 0 Å². The SMILES string of the molecule is COc1ccc(CNC(=O)C2(C)CC3c4ccccc4C2c2ccccc23)cc1. The number of carbonyl (C=O) groups excluding carboxylic acids is 1. The maximum Gasteiger partial charge on any atom is 0.227 e. The molecule has 1 amide bonds. The number of fused-ring (bicyclic) bond motifs is 1. The number of nitrogens with one attached hydrogen (secondary N) is 1. The third-order valence-corrected chi connectivity index (χ3v) is 6.76. The van der Waals surface area contributed by atoms with Gasteiger partial charge in [-0.2, -0.15) is 0 Å². The average Bonchev–Trinajstić information content (AvgIpc) is 2.78. The van der Waals surface area contributed by atoms with Crippen molar-refractivity contribution in [2.75, 3.05) is 7.11 Å². The van der Waals surface area contributed by atoms with Crippen molar-refractivity contribution in [3.8, 4) is 5.75 Å². The van der Waals surface area contributed by atoms with Crippen LogP contribution in [0.4, 0.5) is 0 Å². The summed E-state index contributed by atoms with van der Waals surface area (Å²) in [6.45, 7) is 2.67. The molecule has 0 aliphatic heterocycles. The first-order chi connectivity index (χ1) is 14.1. The predicted molar refractivity (Wildman–Crippen MR) is 114 cm³/mol. The lowest BCUT2D eigenvalue weighted by molar-refractivity contribution is -0.132. The van der Waals surface area contributed by atoms with E-state index >= 15 is 0 Å². The van der Waals surface area contributed by atoms with Gasteiger partial charge in [-0.15, -0.1) is 0 Å². The number of benzene rings is 3. The summed E-state index contributed by atoms with van der Waals surface area (Å²) in [5, 5.41) is 3.21. The van der Waals surface area contributed by atoms with Gasteiger partial charge in [0.1, 0.15) is 5.75 Å². The molecule has 3 aliphatic carbocycles. The summed E-state index contributed by atoms with van der Waals surface area (Å²) in [4.78, 5) is 13.5. The second kappa shape index (κ2) is 6.77. The molecule has 0 aromatic heterocycles. The van der Waals surface area contributed by atoms with Gasteiger partial charge in [-0.1, -0.05) is 60.7 Å². The molecule has 1 atom stereocenters. The number of rotatable bonds is 4. The number of ether oxygens (including phenoxy) is 1. The molecule has 6 rings (SSSR count). The highest BCUT2D eigenvalue weighted by Gasteiger charge is 2.53. The number of carbonyl (C=O) groups is 1. The highest BCUT2D eigenvalue weighted by atomic mass is 16.5. The number of hydrogen-bond acceptors (Lipinski definition) is 2. The lowest BCUT2D eigenvalue weighted by Crippen LogP contribution is -2.49. The Labute approximate surface area is 171 Å². The van der Waals surface area contributed by atoms with Gasteiger partial charge in [0.25, 0.3) is 0 Å². The fraction of sp³-hybridized carbons (Fsp3) is 0.269. The molecule has 3 aliphatic rings. The third kappa shape index (κ3) is 2.76. The topological polar surface area (TPSA) is 38.3 Å². The van der Waals surface area contributed by atoms with Crippen LogP contribution in [0.25, 0.3) is 0 Å². The highest BCUT2D eigenvalue weighted by Crippen LogP contribution is 2.60. The van der Waals surface area contributed by atoms with Gasteiger partial charge in [-0.25, -0.2) is 0 Å². The molecule has 0 heterocycles. The van der Waals surface area contributed by atoms with Crippen LogP contribution in [-0.4, -0.2) is 13.0 Å². The standard InChI is InChI=1S/C26H25NO2/c1-26(25(28)27-16-17-11-13-18(29-2)14-12-17)15-23-19-7-3-5-9-21(19)24(26)22-10-6-4-8-20(22)23/h3-14,23-24H,15-16H2,1-2H3,(H,27,28). The zero-order chi connectivity index (χ0) is 20.0.